The number of carbonyl (C=O) groups is 1. The van der Waals surface area contributed by atoms with E-state index in [1.54, 1.807) is 7.11 Å². The van der Waals surface area contributed by atoms with Gasteiger partial charge in [-0.25, -0.2) is 0 Å². The van der Waals surface area contributed by atoms with Crippen molar-refractivity contribution in [3.05, 3.63) is 64.1 Å². The molecule has 1 amide bonds. The SMILES string of the molecule is COc1ccc(CNC(=S)NNC(=O)Cc2ccc(Br)cc2)cc1. The summed E-state index contributed by atoms with van der Waals surface area (Å²) in [5.74, 6) is 0.644. The standard InChI is InChI=1S/C17H18BrN3O2S/c1-23-15-8-4-13(5-9-15)11-19-17(24)21-20-16(22)10-12-2-6-14(18)7-3-12/h2-9H,10-11H2,1H3,(H,20,22)(H2,19,21,24). The van der Waals surface area contributed by atoms with Gasteiger partial charge < -0.3 is 10.1 Å². The zero-order valence-corrected chi connectivity index (χ0v) is 15.5. The molecule has 0 saturated carbocycles. The first-order valence-corrected chi connectivity index (χ1v) is 8.47. The molecule has 0 unspecified atom stereocenters. The van der Waals surface area contributed by atoms with E-state index in [2.05, 4.69) is 32.1 Å². The van der Waals surface area contributed by atoms with Crippen LogP contribution in [0.3, 0.4) is 0 Å². The Bertz CT molecular complexity index is 690. The lowest BCUT2D eigenvalue weighted by atomic mass is 10.1. The van der Waals surface area contributed by atoms with Crippen molar-refractivity contribution in [3.8, 4) is 5.75 Å². The highest BCUT2D eigenvalue weighted by Crippen LogP contribution is 2.11. The van der Waals surface area contributed by atoms with Gasteiger partial charge in [0, 0.05) is 11.0 Å². The van der Waals surface area contributed by atoms with E-state index in [0.717, 1.165) is 21.3 Å². The topological polar surface area (TPSA) is 62.4 Å². The Hall–Kier alpha value is -2.12. The van der Waals surface area contributed by atoms with Crippen LogP contribution in [0.4, 0.5) is 0 Å². The van der Waals surface area contributed by atoms with Crippen molar-refractivity contribution in [1.29, 1.82) is 0 Å². The van der Waals surface area contributed by atoms with E-state index in [1.165, 1.54) is 0 Å². The van der Waals surface area contributed by atoms with Crippen LogP contribution in [0.15, 0.2) is 53.0 Å². The average molecular weight is 408 g/mol. The predicted octanol–water partition coefficient (Wildman–Crippen LogP) is 2.70. The van der Waals surface area contributed by atoms with Crippen LogP contribution < -0.4 is 20.9 Å². The molecule has 5 nitrogen and oxygen atoms in total. The van der Waals surface area contributed by atoms with E-state index < -0.39 is 0 Å². The van der Waals surface area contributed by atoms with Gasteiger partial charge in [-0.2, -0.15) is 0 Å². The number of hydrogen-bond acceptors (Lipinski definition) is 3. The van der Waals surface area contributed by atoms with E-state index in [4.69, 9.17) is 17.0 Å². The Kier molecular flexibility index (Phi) is 7.02. The number of ether oxygens (including phenoxy) is 1. The summed E-state index contributed by atoms with van der Waals surface area (Å²) in [6.07, 6.45) is 0.279. The molecule has 126 valence electrons. The molecule has 0 aromatic heterocycles. The molecule has 7 heteroatoms. The summed E-state index contributed by atoms with van der Waals surface area (Å²) in [5, 5.41) is 3.38. The smallest absolute Gasteiger partial charge is 0.242 e. The highest BCUT2D eigenvalue weighted by Gasteiger charge is 2.04. The lowest BCUT2D eigenvalue weighted by Crippen LogP contribution is -2.47. The zero-order chi connectivity index (χ0) is 17.4. The van der Waals surface area contributed by atoms with Crippen molar-refractivity contribution in [1.82, 2.24) is 16.2 Å². The Labute approximate surface area is 154 Å². The third-order valence-electron chi connectivity index (χ3n) is 3.21. The largest absolute Gasteiger partial charge is 0.497 e. The van der Waals surface area contributed by atoms with E-state index in [9.17, 15) is 4.79 Å². The number of thiocarbonyl (C=S) groups is 1. The van der Waals surface area contributed by atoms with Gasteiger partial charge in [0.1, 0.15) is 5.75 Å². The van der Waals surface area contributed by atoms with Gasteiger partial charge in [-0.15, -0.1) is 0 Å². The van der Waals surface area contributed by atoms with Crippen LogP contribution in [0.5, 0.6) is 5.75 Å². The van der Waals surface area contributed by atoms with Crippen molar-refractivity contribution in [3.63, 3.8) is 0 Å². The molecule has 0 fully saturated rings. The van der Waals surface area contributed by atoms with Crippen LogP contribution in [-0.4, -0.2) is 18.1 Å². The Morgan fingerprint density at radius 3 is 2.29 bits per heavy atom. The normalized spacial score (nSPS) is 9.92. The maximum Gasteiger partial charge on any atom is 0.242 e. The first kappa shape index (κ1) is 18.2. The molecule has 0 saturated heterocycles. The average Bonchev–Trinajstić information content (AvgIpc) is 2.60. The number of methoxy groups -OCH3 is 1. The van der Waals surface area contributed by atoms with Crippen LogP contribution in [0.25, 0.3) is 0 Å². The maximum absolute atomic E-state index is 11.9. The number of hydrogen-bond donors (Lipinski definition) is 3. The van der Waals surface area contributed by atoms with E-state index in [0.29, 0.717) is 11.7 Å². The van der Waals surface area contributed by atoms with Crippen LogP contribution in [-0.2, 0) is 17.8 Å². The van der Waals surface area contributed by atoms with Crippen LogP contribution >= 0.6 is 28.1 Å². The third-order valence-corrected chi connectivity index (χ3v) is 3.98. The molecule has 2 rings (SSSR count). The molecule has 24 heavy (non-hydrogen) atoms. The molecular formula is C17H18BrN3O2S. The molecule has 0 spiro atoms. The van der Waals surface area contributed by atoms with Crippen molar-refractivity contribution in [2.45, 2.75) is 13.0 Å². The molecule has 0 bridgehead atoms. The third kappa shape index (κ3) is 6.17. The van der Waals surface area contributed by atoms with Crippen molar-refractivity contribution in [2.75, 3.05) is 7.11 Å². The van der Waals surface area contributed by atoms with Gasteiger partial charge in [-0.1, -0.05) is 40.2 Å². The summed E-state index contributed by atoms with van der Waals surface area (Å²) < 4.78 is 6.09. The molecule has 0 aliphatic rings. The van der Waals surface area contributed by atoms with Gasteiger partial charge in [0.25, 0.3) is 0 Å². The second kappa shape index (κ2) is 9.24. The molecular weight excluding hydrogens is 390 g/mol. The number of carbonyl (C=O) groups excluding carboxylic acids is 1. The van der Waals surface area contributed by atoms with Gasteiger partial charge in [0.15, 0.2) is 5.11 Å². The molecule has 2 aromatic carbocycles. The number of rotatable bonds is 5. The quantitative estimate of drug-likeness (QED) is 0.525. The highest BCUT2D eigenvalue weighted by atomic mass is 79.9. The lowest BCUT2D eigenvalue weighted by molar-refractivity contribution is -0.121. The molecule has 0 radical (unpaired) electrons. The summed E-state index contributed by atoms with van der Waals surface area (Å²) >= 11 is 8.49. The minimum Gasteiger partial charge on any atom is -0.497 e. The minimum atomic E-state index is -0.161. The van der Waals surface area contributed by atoms with Crippen molar-refractivity contribution in [2.24, 2.45) is 0 Å². The van der Waals surface area contributed by atoms with Gasteiger partial charge >= 0.3 is 0 Å². The number of hydrazine groups is 1. The summed E-state index contributed by atoms with van der Waals surface area (Å²) in [7, 11) is 1.63. The first-order chi connectivity index (χ1) is 11.6. The molecule has 0 atom stereocenters. The highest BCUT2D eigenvalue weighted by molar-refractivity contribution is 9.10. The van der Waals surface area contributed by atoms with Gasteiger partial charge in [-0.05, 0) is 47.6 Å². The van der Waals surface area contributed by atoms with E-state index in [1.807, 2.05) is 48.5 Å². The fraction of sp³-hybridized carbons (Fsp3) is 0.176. The fourth-order valence-corrected chi connectivity index (χ4v) is 2.32. The molecule has 0 aliphatic carbocycles. The minimum absolute atomic E-state index is 0.161. The summed E-state index contributed by atoms with van der Waals surface area (Å²) in [6.45, 7) is 0.554. The molecule has 0 heterocycles. The Morgan fingerprint density at radius 2 is 1.67 bits per heavy atom. The van der Waals surface area contributed by atoms with Crippen molar-refractivity contribution < 1.29 is 9.53 Å². The Balaban J connectivity index is 1.70. The zero-order valence-electron chi connectivity index (χ0n) is 13.1. The second-order valence-electron chi connectivity index (χ2n) is 5.01. The van der Waals surface area contributed by atoms with Gasteiger partial charge in [-0.3, -0.25) is 15.6 Å². The predicted molar refractivity (Wildman–Crippen MR) is 102 cm³/mol. The van der Waals surface area contributed by atoms with Crippen LogP contribution in [0.1, 0.15) is 11.1 Å². The Morgan fingerprint density at radius 1 is 1.04 bits per heavy atom. The molecule has 3 N–H and O–H groups in total. The summed E-state index contributed by atoms with van der Waals surface area (Å²) in [5.41, 5.74) is 7.25. The summed E-state index contributed by atoms with van der Waals surface area (Å²) in [4.78, 5) is 11.9. The molecule has 0 aliphatic heterocycles. The fourth-order valence-electron chi connectivity index (χ4n) is 1.93. The maximum atomic E-state index is 11.9. The molecule has 2 aromatic rings. The number of amides is 1. The van der Waals surface area contributed by atoms with Crippen LogP contribution in [0.2, 0.25) is 0 Å². The lowest BCUT2D eigenvalue weighted by Gasteiger charge is -2.12. The number of benzene rings is 2. The second-order valence-corrected chi connectivity index (χ2v) is 6.33. The first-order valence-electron chi connectivity index (χ1n) is 7.27. The number of halogens is 1. The number of nitrogens with one attached hydrogen (secondary N) is 3. The summed E-state index contributed by atoms with van der Waals surface area (Å²) in [6, 6.07) is 15.2. The monoisotopic (exact) mass is 407 g/mol. The van der Waals surface area contributed by atoms with E-state index in [-0.39, 0.29) is 12.3 Å². The van der Waals surface area contributed by atoms with Crippen LogP contribution in [0, 0.1) is 0 Å². The van der Waals surface area contributed by atoms with E-state index >= 15 is 0 Å². The van der Waals surface area contributed by atoms with Crippen molar-refractivity contribution >= 4 is 39.2 Å². The van der Waals surface area contributed by atoms with Gasteiger partial charge in [0.2, 0.25) is 5.91 Å². The van der Waals surface area contributed by atoms with Gasteiger partial charge in [0.05, 0.1) is 13.5 Å².